The summed E-state index contributed by atoms with van der Waals surface area (Å²) < 4.78 is 12.3. The van der Waals surface area contributed by atoms with E-state index in [2.05, 4.69) is 0 Å². The molecule has 1 amide bonds. The van der Waals surface area contributed by atoms with E-state index in [9.17, 15) is 4.79 Å². The van der Waals surface area contributed by atoms with Gasteiger partial charge in [0.15, 0.2) is 0 Å². The Morgan fingerprint density at radius 3 is 2.81 bits per heavy atom. The van der Waals surface area contributed by atoms with E-state index in [4.69, 9.17) is 8.30 Å². The van der Waals surface area contributed by atoms with Crippen molar-refractivity contribution >= 4 is 24.9 Å². The summed E-state index contributed by atoms with van der Waals surface area (Å²) in [5, 5.41) is 0. The van der Waals surface area contributed by atoms with Crippen LogP contribution in [0, 0.1) is 10.5 Å². The summed E-state index contributed by atoms with van der Waals surface area (Å²) in [5.41, 5.74) is 2.12. The number of carbonyl (C=O) groups is 1. The van der Waals surface area contributed by atoms with E-state index in [1.165, 1.54) is 0 Å². The van der Waals surface area contributed by atoms with Gasteiger partial charge in [-0.3, -0.25) is 8.36 Å². The summed E-state index contributed by atoms with van der Waals surface area (Å²) in [6, 6.07) is 5.88. The first-order chi connectivity index (χ1) is 7.58. The number of aryl methyl sites for hydroxylation is 1. The number of methoxy groups -OCH3 is 1. The molecule has 0 bridgehead atoms. The number of rotatable bonds is 4. The van der Waals surface area contributed by atoms with E-state index in [-0.39, 0.29) is 3.91 Å². The topological polar surface area (TPSA) is 53.4 Å². The van der Waals surface area contributed by atoms with Gasteiger partial charge in [-0.15, -0.1) is 0 Å². The molecule has 0 aromatic heterocycles. The van der Waals surface area contributed by atoms with E-state index in [0.29, 0.717) is 6.54 Å². The van der Waals surface area contributed by atoms with Gasteiger partial charge in [0, 0.05) is 19.2 Å². The molecule has 5 heteroatoms. The van der Waals surface area contributed by atoms with Crippen molar-refractivity contribution in [3.8, 4) is 5.75 Å². The molecule has 0 fully saturated rings. The molecule has 1 aromatic rings. The van der Waals surface area contributed by atoms with E-state index >= 15 is 0 Å². The second-order valence-electron chi connectivity index (χ2n) is 3.52. The molecule has 0 heterocycles. The lowest BCUT2D eigenvalue weighted by Gasteiger charge is -2.16. The minimum atomic E-state index is -1.12. The Hall–Kier alpha value is -0.980. The molecular formula is C11H15IN2O2. The molecule has 16 heavy (non-hydrogen) atoms. The second-order valence-corrected chi connectivity index (χ2v) is 4.98. The fraction of sp³-hybridized carbons (Fsp3) is 0.364. The summed E-state index contributed by atoms with van der Waals surface area (Å²) in [4.78, 5) is 12.9. The lowest BCUT2D eigenvalue weighted by Crippen LogP contribution is -2.20. The lowest BCUT2D eigenvalue weighted by atomic mass is 10.1. The van der Waals surface area contributed by atoms with Crippen molar-refractivity contribution in [3.63, 3.8) is 0 Å². The van der Waals surface area contributed by atoms with Gasteiger partial charge in [0.2, 0.25) is 0 Å². The molecule has 1 aromatic carbocycles. The summed E-state index contributed by atoms with van der Waals surface area (Å²) >= 11 is -1.12. The Bertz CT molecular complexity index is 407. The standard InChI is InChI=1S/C11H15IN2O2/c1-8-4-5-10(16-3)9(6-8)7-14(2)11(15)12-13/h4-6,13H,7H2,1-3H3. The van der Waals surface area contributed by atoms with Crippen LogP contribution in [0.5, 0.6) is 5.75 Å². The highest BCUT2D eigenvalue weighted by Gasteiger charge is 2.10. The Labute approximate surface area is 106 Å². The van der Waals surface area contributed by atoms with E-state index in [1.807, 2.05) is 25.1 Å². The number of halogens is 1. The number of nitrogens with one attached hydrogen (secondary N) is 1. The Kier molecular flexibility index (Phi) is 4.85. The van der Waals surface area contributed by atoms with Crippen molar-refractivity contribution in [2.75, 3.05) is 14.2 Å². The Balaban J connectivity index is 2.90. The average molecular weight is 334 g/mol. The molecule has 88 valence electrons. The van der Waals surface area contributed by atoms with Gasteiger partial charge in [0.05, 0.1) is 28.1 Å². The van der Waals surface area contributed by atoms with Crippen LogP contribution in [0.1, 0.15) is 11.1 Å². The van der Waals surface area contributed by atoms with Crippen molar-refractivity contribution < 1.29 is 9.53 Å². The Morgan fingerprint density at radius 1 is 1.56 bits per heavy atom. The van der Waals surface area contributed by atoms with Crippen LogP contribution < -0.4 is 4.74 Å². The molecule has 4 nitrogen and oxygen atoms in total. The number of hydrogen-bond donors (Lipinski definition) is 1. The highest BCUT2D eigenvalue weighted by atomic mass is 127. The molecule has 0 radical (unpaired) electrons. The fourth-order valence-corrected chi connectivity index (χ4v) is 2.00. The number of nitrogens with zero attached hydrogens (tertiary/aromatic N) is 1. The molecule has 0 aliphatic carbocycles. The predicted octanol–water partition coefficient (Wildman–Crippen LogP) is 3.29. The molecule has 0 aliphatic heterocycles. The summed E-state index contributed by atoms with van der Waals surface area (Å²) in [7, 11) is 3.34. The largest absolute Gasteiger partial charge is 0.496 e. The molecule has 0 aliphatic rings. The second kappa shape index (κ2) is 5.93. The predicted molar refractivity (Wildman–Crippen MR) is 71.3 cm³/mol. The van der Waals surface area contributed by atoms with Crippen molar-refractivity contribution in [1.82, 2.24) is 4.90 Å². The van der Waals surface area contributed by atoms with Gasteiger partial charge in [-0.2, -0.15) is 0 Å². The van der Waals surface area contributed by atoms with E-state index < -0.39 is 21.0 Å². The fourth-order valence-electron chi connectivity index (χ4n) is 1.42. The minimum absolute atomic E-state index is 0.0811. The summed E-state index contributed by atoms with van der Waals surface area (Å²) in [6.45, 7) is 2.50. The minimum Gasteiger partial charge on any atom is -0.496 e. The zero-order chi connectivity index (χ0) is 12.1. The number of benzene rings is 1. The maximum absolute atomic E-state index is 11.3. The number of ether oxygens (including phenoxy) is 1. The van der Waals surface area contributed by atoms with Crippen LogP contribution in [0.2, 0.25) is 0 Å². The van der Waals surface area contributed by atoms with Gasteiger partial charge in [0.1, 0.15) is 5.75 Å². The molecule has 0 unspecified atom stereocenters. The number of amides is 1. The van der Waals surface area contributed by atoms with Crippen LogP contribution in [0.4, 0.5) is 4.79 Å². The maximum Gasteiger partial charge on any atom is 0.295 e. The third kappa shape index (κ3) is 3.26. The molecule has 0 spiro atoms. The zero-order valence-corrected chi connectivity index (χ0v) is 11.7. The quantitative estimate of drug-likeness (QED) is 0.522. The van der Waals surface area contributed by atoms with Gasteiger partial charge >= 0.3 is 0 Å². The van der Waals surface area contributed by atoms with E-state index in [1.54, 1.807) is 19.1 Å². The lowest BCUT2D eigenvalue weighted by molar-refractivity contribution is 0.234. The number of hydrogen-bond acceptors (Lipinski definition) is 3. The van der Waals surface area contributed by atoms with Crippen LogP contribution in [-0.2, 0) is 6.54 Å². The third-order valence-electron chi connectivity index (χ3n) is 2.22. The average Bonchev–Trinajstić information content (AvgIpc) is 2.28. The van der Waals surface area contributed by atoms with Crippen molar-refractivity contribution in [3.05, 3.63) is 29.3 Å². The van der Waals surface area contributed by atoms with Crippen molar-refractivity contribution in [2.24, 2.45) is 0 Å². The van der Waals surface area contributed by atoms with E-state index in [0.717, 1.165) is 16.9 Å². The normalized spacial score (nSPS) is 9.94. The van der Waals surface area contributed by atoms with Crippen molar-refractivity contribution in [2.45, 2.75) is 13.5 Å². The first kappa shape index (κ1) is 13.1. The smallest absolute Gasteiger partial charge is 0.295 e. The zero-order valence-electron chi connectivity index (χ0n) is 9.58. The molecule has 1 N–H and O–H groups in total. The first-order valence-electron chi connectivity index (χ1n) is 4.77. The molecular weight excluding hydrogens is 319 g/mol. The summed E-state index contributed by atoms with van der Waals surface area (Å²) in [5.74, 6) is 0.786. The van der Waals surface area contributed by atoms with Gasteiger partial charge in [-0.25, -0.2) is 0 Å². The summed E-state index contributed by atoms with van der Waals surface area (Å²) in [6.07, 6.45) is 0. The van der Waals surface area contributed by atoms with Gasteiger partial charge < -0.3 is 9.64 Å². The highest BCUT2D eigenvalue weighted by Crippen LogP contribution is 2.21. The van der Waals surface area contributed by atoms with Crippen molar-refractivity contribution in [1.29, 1.82) is 3.56 Å². The first-order valence-corrected chi connectivity index (χ1v) is 6.93. The Morgan fingerprint density at radius 2 is 2.25 bits per heavy atom. The molecule has 0 saturated heterocycles. The molecule has 0 atom stereocenters. The van der Waals surface area contributed by atoms with Crippen LogP contribution >= 0.6 is 21.0 Å². The van der Waals surface area contributed by atoms with Gasteiger partial charge in [0.25, 0.3) is 3.91 Å². The van der Waals surface area contributed by atoms with Crippen LogP contribution in [0.15, 0.2) is 18.2 Å². The van der Waals surface area contributed by atoms with Gasteiger partial charge in [-0.05, 0) is 13.0 Å². The monoisotopic (exact) mass is 334 g/mol. The third-order valence-corrected chi connectivity index (χ3v) is 3.51. The van der Waals surface area contributed by atoms with Crippen LogP contribution in [0.3, 0.4) is 0 Å². The highest BCUT2D eigenvalue weighted by molar-refractivity contribution is 14.2. The van der Waals surface area contributed by atoms with Gasteiger partial charge in [-0.1, -0.05) is 17.7 Å². The molecule has 0 saturated carbocycles. The number of carbonyl (C=O) groups excluding carboxylic acids is 1. The van der Waals surface area contributed by atoms with Crippen LogP contribution in [-0.4, -0.2) is 23.0 Å². The molecule has 1 rings (SSSR count). The SMILES string of the molecule is COc1ccc(C)cc1CN(C)C(=O)I=N. The van der Waals surface area contributed by atoms with Crippen LogP contribution in [0.25, 0.3) is 0 Å². The maximum atomic E-state index is 11.3.